The number of esters is 14. The number of aliphatic hydroxyl groups is 2. The van der Waals surface area contributed by atoms with E-state index in [1.165, 1.54) is 52.4 Å². The van der Waals surface area contributed by atoms with Crippen LogP contribution in [0.25, 0.3) is 0 Å². The normalized spacial score (nSPS) is 31.4. The molecule has 14 aliphatic carbocycles. The molecule has 18 rings (SSSR count). The quantitative estimate of drug-likeness (QED) is 0.0208. The topological polar surface area (TPSA) is 495 Å². The molecule has 18 fully saturated rings. The fourth-order valence-corrected chi connectivity index (χ4v) is 26.2. The van der Waals surface area contributed by atoms with Gasteiger partial charge in [-0.2, -0.15) is 16.8 Å². The van der Waals surface area contributed by atoms with Crippen molar-refractivity contribution in [2.75, 3.05) is 39.6 Å². The van der Waals surface area contributed by atoms with Crippen LogP contribution in [0.2, 0.25) is 0 Å². The Labute approximate surface area is 849 Å². The summed E-state index contributed by atoms with van der Waals surface area (Å²) in [5, 5.41) is 20.2. The maximum Gasteiger partial charge on any atom is 0.347 e. The summed E-state index contributed by atoms with van der Waals surface area (Å²) in [6, 6.07) is 0. The van der Waals surface area contributed by atoms with Gasteiger partial charge < -0.3 is 76.5 Å². The molecule has 14 saturated carbocycles. The molecule has 0 radical (unpaired) electrons. The molecule has 4 saturated heterocycles. The second-order valence-electron chi connectivity index (χ2n) is 46.0. The number of carbonyl (C=O) groups is 14. The van der Waals surface area contributed by atoms with Gasteiger partial charge in [0, 0.05) is 71.6 Å². The van der Waals surface area contributed by atoms with Crippen LogP contribution in [-0.4, -0.2) is 231 Å². The summed E-state index contributed by atoms with van der Waals surface area (Å²) in [5.74, 6) is -3.79. The lowest BCUT2D eigenvalue weighted by Gasteiger charge is -2.59. The summed E-state index contributed by atoms with van der Waals surface area (Å²) in [5.41, 5.74) is -2.65. The average molecular weight is 2070 g/mol. The largest absolute Gasteiger partial charge is 0.463 e. The molecule has 0 aromatic carbocycles. The van der Waals surface area contributed by atoms with Crippen LogP contribution in [-0.2, 0) is 162 Å². The molecule has 144 heavy (non-hydrogen) atoms. The molecular formula is C106H160O36S2. The van der Waals surface area contributed by atoms with Crippen molar-refractivity contribution in [3.63, 3.8) is 0 Å². The molecule has 812 valence electrons. The molecule has 16 unspecified atom stereocenters. The van der Waals surface area contributed by atoms with Crippen molar-refractivity contribution < 1.29 is 169 Å². The molecule has 38 heteroatoms. The lowest BCUT2D eigenvalue weighted by atomic mass is 9.52. The third-order valence-corrected chi connectivity index (χ3v) is 35.1. The van der Waals surface area contributed by atoms with Gasteiger partial charge in [0.05, 0.1) is 82.3 Å². The first-order valence-corrected chi connectivity index (χ1v) is 54.5. The molecule has 16 atom stereocenters. The second kappa shape index (κ2) is 48.7. The Bertz CT molecular complexity index is 4920. The van der Waals surface area contributed by atoms with E-state index in [1.54, 1.807) is 41.5 Å². The van der Waals surface area contributed by atoms with Crippen molar-refractivity contribution in [1.29, 1.82) is 0 Å². The van der Waals surface area contributed by atoms with Crippen molar-refractivity contribution in [1.82, 2.24) is 0 Å². The number of hydrogen-bond acceptors (Lipinski definition) is 36. The SMILES string of the molecule is C=C(C)C(=O)OC1(C)CCCC1.C=C(C)C(=O)OC12CC3CC(CC(O)(C3)C1)C2.C=C(C)C(=O)OC1CCOC1=O.C=C(C)C(=O)OCCOC(=O)CCC(=O)OC1C2CC3C1OS(=O)(=O)C3C2.CCC(C)(C)C(=O)OC1(C)CCCC1.CCC(C)(C)C(=O)OC12CC3CC(CC(O)(C3)C1)C2.CCC(C)(C)C(=O)OC1CCOC1=O.CCC(C)(C)C(=O)OCCOC(=O)CCC(=O)OC1C2CC3C1OS(=O)(=O)C3C2. The number of carbonyl (C=O) groups excluding carboxylic acids is 14. The van der Waals surface area contributed by atoms with Gasteiger partial charge in [0.25, 0.3) is 20.2 Å². The number of cyclic esters (lactones) is 2. The summed E-state index contributed by atoms with van der Waals surface area (Å²) in [6.45, 7) is 47.6. The monoisotopic (exact) mass is 2070 g/mol. The van der Waals surface area contributed by atoms with Crippen LogP contribution in [0, 0.1) is 69.0 Å². The van der Waals surface area contributed by atoms with Crippen LogP contribution in [0.3, 0.4) is 0 Å². The van der Waals surface area contributed by atoms with Crippen LogP contribution in [0.4, 0.5) is 0 Å². The summed E-state index contributed by atoms with van der Waals surface area (Å²) in [4.78, 5) is 162. The maximum absolute atomic E-state index is 12.4. The Morgan fingerprint density at radius 1 is 0.382 bits per heavy atom. The standard InChI is InChI=1S/C19H28O9S.C17H22O9S.C16H26O3.C14H20O3.C12H22O2.C10H16O4.C10H16O2.C8H10O4/c1-4-19(2,3)18(22)26-8-7-25-14(20)5-6-15(21)27-16-11-9-12-13(10-11)29(23,24)28-17(12)16;1-9(2)17(20)24-6-5-23-13(18)3-4-14(19)25-15-10-7-11-12(8-10)27(21,22)26-16(11)15;1-4-14(2,3)13(17)19-16-8-11-5-12(9-16)7-15(18,6-11)10-16;1-9(2)12(15)17-14-6-10-3-11(7-14)5-13(16,4-10)8-14;1-5-11(2,3)10(13)14-12(4)8-6-7-9-12;1-4-10(2,3)9(12)14-7-5-6-13-8(7)11;1-8(2)9(11)12-10(3)6-4-5-7-10;1-5(2)7(9)12-6-3-4-11-8(6)10/h11-13,16-17H,4-10H2,1-3H3;10-12,15-16H,1,3-8H2,2H3;11-12,18H,4-10H2,1-3H3;10-11,16H,1,3-8H2,2H3;5-9H2,1-4H3;7H,4-6H2,1-3H3;1,4-7H2,2-3H3;6H,1,3-4H2,2H3. The average Bonchev–Trinajstić information content (AvgIpc) is 1.42. The van der Waals surface area contributed by atoms with Crippen LogP contribution in [0.15, 0.2) is 48.6 Å². The molecule has 12 bridgehead atoms. The van der Waals surface area contributed by atoms with Crippen molar-refractivity contribution in [3.8, 4) is 0 Å². The fraction of sp³-hybridized carbons (Fsp3) is 0.792. The molecule has 2 N–H and O–H groups in total. The first-order valence-electron chi connectivity index (χ1n) is 51.6. The Morgan fingerprint density at radius 2 is 0.708 bits per heavy atom. The van der Waals surface area contributed by atoms with E-state index < -0.39 is 148 Å². The number of hydrogen-bond donors (Lipinski definition) is 2. The minimum Gasteiger partial charge on any atom is -0.463 e. The first-order chi connectivity index (χ1) is 66.9. The zero-order valence-electron chi connectivity index (χ0n) is 87.9. The van der Waals surface area contributed by atoms with Crippen LogP contribution < -0.4 is 0 Å². The van der Waals surface area contributed by atoms with E-state index >= 15 is 0 Å². The van der Waals surface area contributed by atoms with Crippen molar-refractivity contribution in [2.24, 2.45) is 69.0 Å². The van der Waals surface area contributed by atoms with Gasteiger partial charge in [-0.3, -0.25) is 46.7 Å². The Balaban J connectivity index is 0.000000187. The van der Waals surface area contributed by atoms with E-state index in [1.807, 2.05) is 62.3 Å². The van der Waals surface area contributed by atoms with Gasteiger partial charge >= 0.3 is 83.6 Å². The van der Waals surface area contributed by atoms with Crippen LogP contribution >= 0.6 is 0 Å². The highest BCUT2D eigenvalue weighted by Crippen LogP contribution is 2.62. The fourth-order valence-electron chi connectivity index (χ4n) is 22.5. The van der Waals surface area contributed by atoms with E-state index in [0.29, 0.717) is 112 Å². The Kier molecular flexibility index (Phi) is 40.2. The van der Waals surface area contributed by atoms with Crippen molar-refractivity contribution in [2.45, 2.75) is 424 Å². The highest BCUT2D eigenvalue weighted by molar-refractivity contribution is 7.88. The zero-order chi connectivity index (χ0) is 107. The van der Waals surface area contributed by atoms with E-state index in [-0.39, 0.29) is 145 Å². The maximum atomic E-state index is 12.4. The Hall–Kier alpha value is -8.72. The molecule has 0 amide bonds. The smallest absolute Gasteiger partial charge is 0.347 e. The van der Waals surface area contributed by atoms with Gasteiger partial charge in [0.15, 0.2) is 0 Å². The van der Waals surface area contributed by atoms with Gasteiger partial charge in [-0.15, -0.1) is 0 Å². The molecule has 0 spiro atoms. The van der Waals surface area contributed by atoms with Gasteiger partial charge in [0.2, 0.25) is 12.2 Å². The summed E-state index contributed by atoms with van der Waals surface area (Å²) in [6.07, 6.45) is 21.6. The van der Waals surface area contributed by atoms with Gasteiger partial charge in [0.1, 0.15) is 73.2 Å². The van der Waals surface area contributed by atoms with Gasteiger partial charge in [-0.05, 0) is 288 Å². The van der Waals surface area contributed by atoms with Gasteiger partial charge in [-0.25, -0.2) is 28.8 Å². The van der Waals surface area contributed by atoms with Crippen LogP contribution in [0.5, 0.6) is 0 Å². The van der Waals surface area contributed by atoms with E-state index in [4.69, 9.17) is 69.9 Å². The molecule has 18 aliphatic rings. The molecular weight excluding hydrogens is 1910 g/mol. The molecule has 0 aromatic rings. The lowest BCUT2D eigenvalue weighted by Crippen LogP contribution is -2.61. The zero-order valence-corrected chi connectivity index (χ0v) is 89.6. The minimum absolute atomic E-state index is 0.00904. The van der Waals surface area contributed by atoms with Crippen molar-refractivity contribution >= 4 is 104 Å². The van der Waals surface area contributed by atoms with E-state index in [9.17, 15) is 94.2 Å². The number of fused-ring (bicyclic) bond motifs is 2. The highest BCUT2D eigenvalue weighted by atomic mass is 32.2. The molecule has 0 aromatic heterocycles. The third-order valence-electron chi connectivity index (χ3n) is 31.6. The van der Waals surface area contributed by atoms with Gasteiger partial charge in [-0.1, -0.05) is 54.0 Å². The summed E-state index contributed by atoms with van der Waals surface area (Å²) < 4.78 is 130. The highest BCUT2D eigenvalue weighted by Gasteiger charge is 2.68. The molecule has 36 nitrogen and oxygen atoms in total. The van der Waals surface area contributed by atoms with Crippen molar-refractivity contribution in [3.05, 3.63) is 48.6 Å². The predicted molar refractivity (Wildman–Crippen MR) is 519 cm³/mol. The lowest BCUT2D eigenvalue weighted by molar-refractivity contribution is -0.225. The number of rotatable bonds is 32. The van der Waals surface area contributed by atoms with E-state index in [2.05, 4.69) is 38.0 Å². The predicted octanol–water partition coefficient (Wildman–Crippen LogP) is 14.5. The second-order valence-corrected chi connectivity index (χ2v) is 49.5. The third kappa shape index (κ3) is 31.7. The Morgan fingerprint density at radius 3 is 1.07 bits per heavy atom. The first kappa shape index (κ1) is 119. The minimum atomic E-state index is -3.56. The molecule has 4 aliphatic heterocycles. The van der Waals surface area contributed by atoms with Crippen LogP contribution in [0.1, 0.15) is 343 Å². The summed E-state index contributed by atoms with van der Waals surface area (Å²) in [7, 11) is -7.11. The number of ether oxygens (including phenoxy) is 14. The van der Waals surface area contributed by atoms with E-state index in [0.717, 1.165) is 89.9 Å². The molecule has 4 heterocycles. The summed E-state index contributed by atoms with van der Waals surface area (Å²) >= 11 is 0.